The third-order valence-electron chi connectivity index (χ3n) is 15.7. The molecule has 1 amide bonds. The fourth-order valence-corrected chi connectivity index (χ4v) is 10.9. The molecule has 432 valence electrons. The van der Waals surface area contributed by atoms with Crippen LogP contribution in [0.5, 0.6) is 0 Å². The quantitative estimate of drug-likeness (QED) is 0.0600. The van der Waals surface area contributed by atoms with Gasteiger partial charge in [0.2, 0.25) is 5.79 Å². The molecule has 76 heavy (non-hydrogen) atoms. The zero-order chi connectivity index (χ0) is 56.0. The zero-order valence-electron chi connectivity index (χ0n) is 46.9. The highest BCUT2D eigenvalue weighted by molar-refractivity contribution is 6.39. The van der Waals surface area contributed by atoms with Crippen molar-refractivity contribution in [3.05, 3.63) is 47.6 Å². The smallest absolute Gasteiger partial charge is 0.329 e. The number of carbonyl (C=O) groups excluding carboxylic acids is 5. The standard InChI is InChI=1S/C58H93NO17/c1-37-15-11-10-12-16-38(2)49(74-30-29-73-28-27-72-26-25-71-24-23-60)35-45-20-18-43(7)58(68,76-45)55(65)56(66)59-22-14-13-17-46(59)57(67)75-50(40(4)33-44-19-21-47(61)51(34-44)69-8)36-48(62)39(3)32-42(6)53(64)54(70-9)52(63)41(5)31-37/h10-12,15-16,32,37,39-41,43-47,49-51,53-54,60-61,64,68H,13-14,17-31,33-36H2,1-9H3/b12-10+,15-11+,38-16+,42-32+/t37-,39-,40-,41-,43-,44+,45+,46+,47-,49?,50+,51-,53-,54+,58-/m1/s1. The Bertz CT molecular complexity index is 1950. The van der Waals surface area contributed by atoms with Crippen molar-refractivity contribution in [3.8, 4) is 0 Å². The van der Waals surface area contributed by atoms with E-state index >= 15 is 0 Å². The first-order chi connectivity index (χ1) is 36.2. The molecule has 1 unspecified atom stereocenters. The number of amides is 1. The summed E-state index contributed by atoms with van der Waals surface area (Å²) < 4.78 is 46.6. The van der Waals surface area contributed by atoms with Gasteiger partial charge in [-0.3, -0.25) is 19.2 Å². The summed E-state index contributed by atoms with van der Waals surface area (Å²) >= 11 is 0. The molecular weight excluding hydrogens is 983 g/mol. The van der Waals surface area contributed by atoms with E-state index in [1.165, 1.54) is 12.0 Å². The number of piperidine rings is 1. The highest BCUT2D eigenvalue weighted by Gasteiger charge is 2.53. The molecule has 15 atom stereocenters. The lowest BCUT2D eigenvalue weighted by Crippen LogP contribution is -2.61. The van der Waals surface area contributed by atoms with Gasteiger partial charge in [0, 0.05) is 51.4 Å². The van der Waals surface area contributed by atoms with Crippen molar-refractivity contribution in [3.63, 3.8) is 0 Å². The van der Waals surface area contributed by atoms with Crippen LogP contribution in [-0.4, -0.2) is 183 Å². The average molecular weight is 1080 g/mol. The molecule has 3 aliphatic heterocycles. The number of hydrogen-bond donors (Lipinski definition) is 4. The van der Waals surface area contributed by atoms with Gasteiger partial charge in [-0.25, -0.2) is 4.79 Å². The van der Waals surface area contributed by atoms with Crippen molar-refractivity contribution in [1.29, 1.82) is 0 Å². The van der Waals surface area contributed by atoms with Gasteiger partial charge < -0.3 is 63.2 Å². The Kier molecular flexibility index (Phi) is 28.3. The largest absolute Gasteiger partial charge is 0.460 e. The summed E-state index contributed by atoms with van der Waals surface area (Å²) in [5.41, 5.74) is 1.20. The highest BCUT2D eigenvalue weighted by Crippen LogP contribution is 2.38. The summed E-state index contributed by atoms with van der Waals surface area (Å²) in [6, 6.07) is -1.18. The Morgan fingerprint density at radius 2 is 1.47 bits per heavy atom. The molecule has 0 radical (unpaired) electrons. The minimum Gasteiger partial charge on any atom is -0.460 e. The fourth-order valence-electron chi connectivity index (χ4n) is 10.9. The molecule has 4 aliphatic rings. The number of methoxy groups -OCH3 is 2. The second-order valence-electron chi connectivity index (χ2n) is 21.8. The maximum Gasteiger partial charge on any atom is 0.329 e. The molecule has 0 aromatic rings. The van der Waals surface area contributed by atoms with E-state index < -0.39 is 83.9 Å². The molecule has 18 heteroatoms. The first-order valence-electron chi connectivity index (χ1n) is 27.9. The number of nitrogens with zero attached hydrogens (tertiary/aromatic N) is 1. The number of cyclic esters (lactones) is 1. The Morgan fingerprint density at radius 3 is 2.14 bits per heavy atom. The summed E-state index contributed by atoms with van der Waals surface area (Å²) in [6.45, 7) is 14.7. The number of aliphatic hydroxyl groups excluding tert-OH is 3. The van der Waals surface area contributed by atoms with Crippen LogP contribution in [0.25, 0.3) is 0 Å². The van der Waals surface area contributed by atoms with Crippen molar-refractivity contribution in [2.24, 2.45) is 35.5 Å². The van der Waals surface area contributed by atoms with Crippen molar-refractivity contribution >= 4 is 29.2 Å². The Morgan fingerprint density at radius 1 is 0.789 bits per heavy atom. The lowest BCUT2D eigenvalue weighted by molar-refractivity contribution is -0.266. The van der Waals surface area contributed by atoms with Gasteiger partial charge in [0.25, 0.3) is 11.7 Å². The molecule has 4 rings (SSSR count). The van der Waals surface area contributed by atoms with E-state index in [4.69, 9.17) is 43.0 Å². The molecule has 3 heterocycles. The van der Waals surface area contributed by atoms with Crippen molar-refractivity contribution in [2.45, 2.75) is 180 Å². The van der Waals surface area contributed by atoms with E-state index in [9.17, 15) is 39.3 Å². The fraction of sp³-hybridized carbons (Fsp3) is 0.776. The van der Waals surface area contributed by atoms with Crippen LogP contribution < -0.4 is 0 Å². The molecule has 1 aliphatic carbocycles. The van der Waals surface area contributed by atoms with E-state index in [0.717, 1.165) is 5.57 Å². The molecule has 0 aromatic heterocycles. The topological polar surface area (TPSA) is 243 Å². The van der Waals surface area contributed by atoms with Crippen LogP contribution in [0.4, 0.5) is 0 Å². The Hall–Kier alpha value is -3.53. The van der Waals surface area contributed by atoms with Gasteiger partial charge in [0.1, 0.15) is 30.1 Å². The maximum absolute atomic E-state index is 14.5. The third kappa shape index (κ3) is 19.7. The van der Waals surface area contributed by atoms with Crippen LogP contribution in [0.15, 0.2) is 47.6 Å². The number of aliphatic hydroxyl groups is 4. The molecule has 1 saturated carbocycles. The summed E-state index contributed by atoms with van der Waals surface area (Å²) in [6.07, 6.45) is 10.4. The molecule has 2 saturated heterocycles. The molecule has 18 nitrogen and oxygen atoms in total. The summed E-state index contributed by atoms with van der Waals surface area (Å²) in [4.78, 5) is 72.7. The number of hydrogen-bond acceptors (Lipinski definition) is 17. The summed E-state index contributed by atoms with van der Waals surface area (Å²) in [5, 5.41) is 43.1. The molecular formula is C58H93NO17. The minimum atomic E-state index is -2.50. The number of ether oxygens (including phenoxy) is 8. The van der Waals surface area contributed by atoms with E-state index in [0.29, 0.717) is 89.8 Å². The summed E-state index contributed by atoms with van der Waals surface area (Å²) in [5.74, 6) is -8.34. The van der Waals surface area contributed by atoms with Gasteiger partial charge in [-0.15, -0.1) is 0 Å². The van der Waals surface area contributed by atoms with E-state index in [1.54, 1.807) is 40.9 Å². The molecule has 0 spiro atoms. The minimum absolute atomic E-state index is 0.0230. The van der Waals surface area contributed by atoms with Gasteiger partial charge in [-0.2, -0.15) is 0 Å². The van der Waals surface area contributed by atoms with Gasteiger partial charge in [0.15, 0.2) is 5.78 Å². The van der Waals surface area contributed by atoms with Crippen molar-refractivity contribution in [2.75, 3.05) is 73.6 Å². The highest BCUT2D eigenvalue weighted by atomic mass is 16.6. The first kappa shape index (κ1) is 65.0. The van der Waals surface area contributed by atoms with Crippen LogP contribution in [0, 0.1) is 35.5 Å². The molecule has 4 N–H and O–H groups in total. The first-order valence-corrected chi connectivity index (χ1v) is 27.9. The number of allylic oxidation sites excluding steroid dienone is 6. The monoisotopic (exact) mass is 1080 g/mol. The van der Waals surface area contributed by atoms with Crippen molar-refractivity contribution in [1.82, 2.24) is 4.90 Å². The van der Waals surface area contributed by atoms with Gasteiger partial charge >= 0.3 is 5.97 Å². The van der Waals surface area contributed by atoms with Crippen molar-refractivity contribution < 1.29 is 82.3 Å². The second kappa shape index (κ2) is 33.2. The second-order valence-corrected chi connectivity index (χ2v) is 21.8. The van der Waals surface area contributed by atoms with Gasteiger partial charge in [-0.05, 0) is 107 Å². The SMILES string of the molecule is CO[C@@H]1C[C@H](C[C@@H](C)[C@@H]2CC(=O)[C@H](C)/C=C(\C)[C@@H](O)[C@@H](OC)C(=O)[C@H](C)C[C@H](C)/C=C/C=C/C=C(\C)C(OCCOCCOCCOCCO)C[C@@H]3CC[C@@H](C)[C@@](O)(O3)C(=O)C(=O)N3CCCC[C@H]3C(=O)O2)CC[C@H]1O. The number of rotatable bonds is 17. The van der Waals surface area contributed by atoms with E-state index in [1.807, 2.05) is 51.2 Å². The molecule has 2 bridgehead atoms. The maximum atomic E-state index is 14.5. The molecule has 0 aromatic carbocycles. The molecule has 3 fully saturated rings. The number of carbonyl (C=O) groups is 5. The zero-order valence-corrected chi connectivity index (χ0v) is 46.9. The number of fused-ring (bicyclic) bond motifs is 3. The Labute approximate surface area is 451 Å². The van der Waals surface area contributed by atoms with Crippen LogP contribution >= 0.6 is 0 Å². The number of esters is 1. The van der Waals surface area contributed by atoms with Gasteiger partial charge in [-0.1, -0.05) is 71.1 Å². The normalized spacial score (nSPS) is 36.3. The predicted octanol–water partition coefficient (Wildman–Crippen LogP) is 5.59. The van der Waals surface area contributed by atoms with Gasteiger partial charge in [0.05, 0.1) is 77.3 Å². The van der Waals surface area contributed by atoms with E-state index in [2.05, 4.69) is 0 Å². The Balaban J connectivity index is 1.66. The van der Waals surface area contributed by atoms with E-state index in [-0.39, 0.29) is 87.7 Å². The number of Topliss-reactive ketones (excluding diaryl/α,β-unsaturated/α-hetero) is 3. The lowest BCUT2D eigenvalue weighted by Gasteiger charge is -2.43. The number of ketones is 3. The van der Waals surface area contributed by atoms with Crippen LogP contribution in [-0.2, 0) is 61.9 Å². The summed E-state index contributed by atoms with van der Waals surface area (Å²) in [7, 11) is 2.93. The average Bonchev–Trinajstić information content (AvgIpc) is 3.40. The lowest BCUT2D eigenvalue weighted by atomic mass is 9.78. The predicted molar refractivity (Wildman–Crippen MR) is 284 cm³/mol. The third-order valence-corrected chi connectivity index (χ3v) is 15.7. The van der Waals surface area contributed by atoms with Crippen LogP contribution in [0.2, 0.25) is 0 Å². The van der Waals surface area contributed by atoms with Crippen LogP contribution in [0.3, 0.4) is 0 Å². The van der Waals surface area contributed by atoms with Crippen LogP contribution in [0.1, 0.15) is 126 Å².